The van der Waals surface area contributed by atoms with Gasteiger partial charge >= 0.3 is 6.18 Å². The molecule has 5 rings (SSSR count). The van der Waals surface area contributed by atoms with Gasteiger partial charge in [0.1, 0.15) is 6.04 Å². The molecule has 0 radical (unpaired) electrons. The Balaban J connectivity index is 1.42. The van der Waals surface area contributed by atoms with Crippen LogP contribution in [0.3, 0.4) is 0 Å². The largest absolute Gasteiger partial charge is 0.416 e. The number of hydrogen-bond donors (Lipinski definition) is 0. The molecule has 0 spiro atoms. The highest BCUT2D eigenvalue weighted by Gasteiger charge is 2.32. The van der Waals surface area contributed by atoms with Crippen LogP contribution < -0.4 is 9.80 Å². The van der Waals surface area contributed by atoms with E-state index in [4.69, 9.17) is 0 Å². The molecule has 2 heterocycles. The first-order valence-electron chi connectivity index (χ1n) is 18.0. The molecule has 1 unspecified atom stereocenters. The summed E-state index contributed by atoms with van der Waals surface area (Å²) in [6, 6.07) is 24.9. The minimum atomic E-state index is -4.48. The van der Waals surface area contributed by atoms with E-state index < -0.39 is 23.7 Å². The molecule has 4 aromatic rings. The highest BCUT2D eigenvalue weighted by molar-refractivity contribution is 5.95. The summed E-state index contributed by atoms with van der Waals surface area (Å²) in [5, 5.41) is 0. The van der Waals surface area contributed by atoms with E-state index in [0.717, 1.165) is 40.3 Å². The van der Waals surface area contributed by atoms with Crippen molar-refractivity contribution < 1.29 is 27.6 Å². The van der Waals surface area contributed by atoms with Crippen LogP contribution in [0.4, 0.5) is 24.5 Å². The molecule has 1 aliphatic heterocycles. The zero-order valence-electron chi connectivity index (χ0n) is 31.2. The van der Waals surface area contributed by atoms with Crippen molar-refractivity contribution >= 4 is 35.2 Å². The van der Waals surface area contributed by atoms with E-state index in [-0.39, 0.29) is 24.8 Å². The quantitative estimate of drug-likeness (QED) is 0.149. The van der Waals surface area contributed by atoms with Crippen LogP contribution in [0.2, 0.25) is 0 Å². The number of piperazine rings is 1. The number of carbonyl (C=O) groups excluding carboxylic acids is 3. The first-order chi connectivity index (χ1) is 25.8. The summed E-state index contributed by atoms with van der Waals surface area (Å²) in [4.78, 5) is 54.0. The number of hydrogen-bond acceptors (Lipinski definition) is 6. The normalized spacial score (nSPS) is 13.8. The van der Waals surface area contributed by atoms with E-state index in [0.29, 0.717) is 44.8 Å². The van der Waals surface area contributed by atoms with Crippen LogP contribution in [0, 0.1) is 6.92 Å². The smallest absolute Gasteiger partial charge is 0.373 e. The standard InChI is InChI=1S/C42H47F3N6O3/c1-31-28-38(20-21-46-31)47(3)22-23-48(4)41(54)39(29-34-8-6-5-7-9-34)51(40(53)19-14-33-10-15-36(16-11-33)42(43,44)45)30-35-12-17-37(18-13-35)50-26-24-49(25-27-50)32(2)52/h5-21,28,39H,22-27,29-30H2,1-4H3. The van der Waals surface area contributed by atoms with Gasteiger partial charge in [0.25, 0.3) is 0 Å². The van der Waals surface area contributed by atoms with Crippen LogP contribution in [-0.4, -0.2) is 96.8 Å². The Morgan fingerprint density at radius 3 is 2.13 bits per heavy atom. The molecule has 1 aliphatic rings. The minimum absolute atomic E-state index is 0.0585. The number of likely N-dealkylation sites (N-methyl/N-ethyl adjacent to an activating group) is 2. The van der Waals surface area contributed by atoms with Crippen molar-refractivity contribution in [1.82, 2.24) is 19.7 Å². The van der Waals surface area contributed by atoms with Gasteiger partial charge in [0.2, 0.25) is 17.7 Å². The van der Waals surface area contributed by atoms with Gasteiger partial charge in [0.05, 0.1) is 5.56 Å². The predicted octanol–water partition coefficient (Wildman–Crippen LogP) is 6.33. The summed E-state index contributed by atoms with van der Waals surface area (Å²) in [6.07, 6.45) is 0.307. The number of amides is 3. The van der Waals surface area contributed by atoms with Crippen molar-refractivity contribution in [1.29, 1.82) is 0 Å². The Morgan fingerprint density at radius 2 is 1.52 bits per heavy atom. The number of nitrogens with zero attached hydrogens (tertiary/aromatic N) is 6. The number of aromatic nitrogens is 1. The van der Waals surface area contributed by atoms with Crippen molar-refractivity contribution in [3.05, 3.63) is 131 Å². The van der Waals surface area contributed by atoms with E-state index >= 15 is 0 Å². The van der Waals surface area contributed by atoms with Crippen LogP contribution in [0.25, 0.3) is 6.08 Å². The monoisotopic (exact) mass is 740 g/mol. The predicted molar refractivity (Wildman–Crippen MR) is 206 cm³/mol. The van der Waals surface area contributed by atoms with Crippen LogP contribution in [0.5, 0.6) is 0 Å². The Labute approximate surface area is 315 Å². The van der Waals surface area contributed by atoms with Gasteiger partial charge in [-0.1, -0.05) is 54.6 Å². The highest BCUT2D eigenvalue weighted by Crippen LogP contribution is 2.29. The number of pyridine rings is 1. The van der Waals surface area contributed by atoms with Crippen LogP contribution in [-0.2, 0) is 33.5 Å². The van der Waals surface area contributed by atoms with Gasteiger partial charge in [0, 0.05) is 103 Å². The second-order valence-corrected chi connectivity index (χ2v) is 13.6. The lowest BCUT2D eigenvalue weighted by molar-refractivity contribution is -0.143. The number of benzene rings is 3. The zero-order chi connectivity index (χ0) is 38.8. The average Bonchev–Trinajstić information content (AvgIpc) is 3.17. The van der Waals surface area contributed by atoms with Crippen molar-refractivity contribution in [3.63, 3.8) is 0 Å². The Bertz CT molecular complexity index is 1890. The number of carbonyl (C=O) groups is 3. The van der Waals surface area contributed by atoms with E-state index in [1.54, 1.807) is 30.0 Å². The lowest BCUT2D eigenvalue weighted by Crippen LogP contribution is -2.51. The third-order valence-corrected chi connectivity index (χ3v) is 9.72. The number of aryl methyl sites for hydroxylation is 1. The van der Waals surface area contributed by atoms with E-state index in [1.807, 2.05) is 90.5 Å². The lowest BCUT2D eigenvalue weighted by Gasteiger charge is -2.36. The number of rotatable bonds is 13. The molecule has 1 saturated heterocycles. The maximum atomic E-state index is 14.5. The number of alkyl halides is 3. The van der Waals surface area contributed by atoms with Crippen LogP contribution in [0.1, 0.15) is 34.9 Å². The topological polar surface area (TPSA) is 80.3 Å². The van der Waals surface area contributed by atoms with E-state index in [9.17, 15) is 27.6 Å². The van der Waals surface area contributed by atoms with Crippen molar-refractivity contribution in [2.24, 2.45) is 0 Å². The third kappa shape index (κ3) is 10.7. The zero-order valence-corrected chi connectivity index (χ0v) is 31.2. The van der Waals surface area contributed by atoms with Gasteiger partial charge in [-0.3, -0.25) is 19.4 Å². The first kappa shape index (κ1) is 39.6. The fourth-order valence-electron chi connectivity index (χ4n) is 6.41. The Morgan fingerprint density at radius 1 is 0.852 bits per heavy atom. The van der Waals surface area contributed by atoms with Crippen LogP contribution in [0.15, 0.2) is 103 Å². The second-order valence-electron chi connectivity index (χ2n) is 13.6. The maximum absolute atomic E-state index is 14.5. The fourth-order valence-corrected chi connectivity index (χ4v) is 6.41. The molecule has 9 nitrogen and oxygen atoms in total. The van der Waals surface area contributed by atoms with Gasteiger partial charge < -0.3 is 24.5 Å². The molecule has 1 aromatic heterocycles. The summed E-state index contributed by atoms with van der Waals surface area (Å²) in [5.41, 5.74) is 4.16. The van der Waals surface area contributed by atoms with Gasteiger partial charge in [-0.15, -0.1) is 0 Å². The minimum Gasteiger partial charge on any atom is -0.373 e. The SMILES string of the molecule is CC(=O)N1CCN(c2ccc(CN(C(=O)C=Cc3ccc(C(F)(F)F)cc3)C(Cc3ccccc3)C(=O)N(C)CCN(C)c3ccnc(C)c3)cc2)CC1. The molecule has 0 saturated carbocycles. The molecule has 0 bridgehead atoms. The van der Waals surface area contributed by atoms with Crippen LogP contribution >= 0.6 is 0 Å². The second kappa shape index (κ2) is 17.9. The fraction of sp³-hybridized carbons (Fsp3) is 0.333. The molecule has 284 valence electrons. The lowest BCUT2D eigenvalue weighted by atomic mass is 10.0. The summed E-state index contributed by atoms with van der Waals surface area (Å²) >= 11 is 0. The molecule has 1 atom stereocenters. The maximum Gasteiger partial charge on any atom is 0.416 e. The van der Waals surface area contributed by atoms with Gasteiger partial charge in [-0.05, 0) is 66.1 Å². The molecule has 3 aromatic carbocycles. The van der Waals surface area contributed by atoms with Crippen molar-refractivity contribution in [3.8, 4) is 0 Å². The highest BCUT2D eigenvalue weighted by atomic mass is 19.4. The summed E-state index contributed by atoms with van der Waals surface area (Å²) in [5.74, 6) is -0.635. The number of halogens is 3. The van der Waals surface area contributed by atoms with E-state index in [1.165, 1.54) is 24.3 Å². The molecule has 0 N–H and O–H groups in total. The molecule has 12 heteroatoms. The van der Waals surface area contributed by atoms with Crippen molar-refractivity contribution in [2.45, 2.75) is 39.0 Å². The molecule has 54 heavy (non-hydrogen) atoms. The summed E-state index contributed by atoms with van der Waals surface area (Å²) in [7, 11) is 3.68. The number of anilines is 2. The average molecular weight is 741 g/mol. The summed E-state index contributed by atoms with van der Waals surface area (Å²) < 4.78 is 39.6. The van der Waals surface area contributed by atoms with Crippen molar-refractivity contribution in [2.75, 3.05) is 63.2 Å². The summed E-state index contributed by atoms with van der Waals surface area (Å²) in [6.45, 7) is 7.21. The van der Waals surface area contributed by atoms with Gasteiger partial charge in [0.15, 0.2) is 0 Å². The van der Waals surface area contributed by atoms with Gasteiger partial charge in [-0.25, -0.2) is 0 Å². The Kier molecular flexibility index (Phi) is 13.1. The molecular weight excluding hydrogens is 693 g/mol. The van der Waals surface area contributed by atoms with E-state index in [2.05, 4.69) is 9.88 Å². The Hall–Kier alpha value is -5.65. The van der Waals surface area contributed by atoms with Gasteiger partial charge in [-0.2, -0.15) is 13.2 Å². The molecule has 1 fully saturated rings. The molecule has 3 amide bonds. The third-order valence-electron chi connectivity index (χ3n) is 9.72. The molecular formula is C42H47F3N6O3. The first-order valence-corrected chi connectivity index (χ1v) is 18.0. The molecule has 0 aliphatic carbocycles.